The van der Waals surface area contributed by atoms with Gasteiger partial charge in [-0.2, -0.15) is 5.26 Å². The lowest BCUT2D eigenvalue weighted by molar-refractivity contribution is 0.100. The van der Waals surface area contributed by atoms with E-state index in [0.29, 0.717) is 23.0 Å². The van der Waals surface area contributed by atoms with Crippen LogP contribution in [0, 0.1) is 17.2 Å². The van der Waals surface area contributed by atoms with E-state index in [1.54, 1.807) is 0 Å². The molecule has 1 fully saturated rings. The van der Waals surface area contributed by atoms with Crippen molar-refractivity contribution in [2.45, 2.75) is 12.8 Å². The number of ether oxygens (including phenoxy) is 1. The normalized spacial score (nSPS) is 14.1. The predicted octanol–water partition coefficient (Wildman–Crippen LogP) is 1.14. The van der Waals surface area contributed by atoms with Crippen LogP contribution in [0.5, 0.6) is 0 Å². The highest BCUT2D eigenvalue weighted by Crippen LogP contribution is 2.34. The first-order chi connectivity index (χ1) is 9.13. The largest absolute Gasteiger partial charge is 0.396 e. The number of carbonyl (C=O) groups excluding carboxylic acids is 1. The molecule has 0 spiro atoms. The lowest BCUT2D eigenvalue weighted by Gasteiger charge is -2.06. The number of nitriles is 1. The number of hydrogen-bond acceptors (Lipinski definition) is 6. The fourth-order valence-electron chi connectivity index (χ4n) is 1.67. The minimum absolute atomic E-state index is 0.154. The Morgan fingerprint density at radius 3 is 2.89 bits per heavy atom. The molecule has 0 aromatic carbocycles. The summed E-state index contributed by atoms with van der Waals surface area (Å²) in [5, 5.41) is 12.5. The van der Waals surface area contributed by atoms with Crippen molar-refractivity contribution in [3.05, 3.63) is 10.4 Å². The summed E-state index contributed by atoms with van der Waals surface area (Å²) in [6, 6.07) is 1.95. The van der Waals surface area contributed by atoms with Gasteiger partial charge in [0.15, 0.2) is 0 Å². The van der Waals surface area contributed by atoms with Crippen molar-refractivity contribution < 1.29 is 9.53 Å². The lowest BCUT2D eigenvalue weighted by Crippen LogP contribution is -2.16. The van der Waals surface area contributed by atoms with Crippen LogP contribution in [0.3, 0.4) is 0 Å². The van der Waals surface area contributed by atoms with Gasteiger partial charge in [-0.25, -0.2) is 0 Å². The third kappa shape index (κ3) is 3.36. The molecule has 0 aliphatic heterocycles. The third-order valence-electron chi connectivity index (χ3n) is 2.88. The molecule has 19 heavy (non-hydrogen) atoms. The molecule has 102 valence electrons. The van der Waals surface area contributed by atoms with Crippen molar-refractivity contribution in [3.8, 4) is 6.07 Å². The molecule has 0 radical (unpaired) electrons. The van der Waals surface area contributed by atoms with Gasteiger partial charge < -0.3 is 21.5 Å². The van der Waals surface area contributed by atoms with Crippen LogP contribution in [0.1, 0.15) is 28.1 Å². The summed E-state index contributed by atoms with van der Waals surface area (Å²) in [5.74, 6) is 0.0976. The van der Waals surface area contributed by atoms with Gasteiger partial charge in [0.05, 0.1) is 17.9 Å². The zero-order chi connectivity index (χ0) is 13.8. The molecule has 1 heterocycles. The highest BCUT2D eigenvalue weighted by molar-refractivity contribution is 7.17. The Morgan fingerprint density at radius 1 is 1.58 bits per heavy atom. The maximum absolute atomic E-state index is 11.3. The molecule has 0 atom stereocenters. The number of thiophene rings is 1. The second-order valence-electron chi connectivity index (χ2n) is 4.47. The Labute approximate surface area is 115 Å². The Hall–Kier alpha value is -1.78. The lowest BCUT2D eigenvalue weighted by atomic mass is 10.2. The fourth-order valence-corrected chi connectivity index (χ4v) is 2.62. The van der Waals surface area contributed by atoms with Gasteiger partial charge in [0.1, 0.15) is 15.9 Å². The summed E-state index contributed by atoms with van der Waals surface area (Å²) in [6.07, 6.45) is 2.51. The van der Waals surface area contributed by atoms with E-state index in [4.69, 9.17) is 21.5 Å². The smallest absolute Gasteiger partial charge is 0.253 e. The van der Waals surface area contributed by atoms with Gasteiger partial charge in [-0.3, -0.25) is 4.79 Å². The van der Waals surface area contributed by atoms with Crippen LogP contribution < -0.4 is 16.8 Å². The number of hydrogen-bond donors (Lipinski definition) is 3. The van der Waals surface area contributed by atoms with E-state index < -0.39 is 5.91 Å². The first kappa shape index (κ1) is 13.6. The quantitative estimate of drug-likeness (QED) is 0.648. The molecule has 1 aliphatic rings. The number of nitrogen functional groups attached to an aromatic ring is 1. The monoisotopic (exact) mass is 280 g/mol. The van der Waals surface area contributed by atoms with Gasteiger partial charge >= 0.3 is 0 Å². The van der Waals surface area contributed by atoms with Crippen LogP contribution >= 0.6 is 11.3 Å². The highest BCUT2D eigenvalue weighted by atomic mass is 32.1. The molecule has 0 bridgehead atoms. The Balaban J connectivity index is 1.90. The molecule has 0 unspecified atom stereocenters. The number of carbonyl (C=O) groups is 1. The van der Waals surface area contributed by atoms with Crippen LogP contribution in [-0.2, 0) is 4.74 Å². The molecule has 6 nitrogen and oxygen atoms in total. The van der Waals surface area contributed by atoms with E-state index in [1.165, 1.54) is 12.8 Å². The molecule has 1 aromatic rings. The Kier molecular flexibility index (Phi) is 4.24. The molecule has 2 rings (SSSR count). The number of nitrogens with one attached hydrogen (secondary N) is 1. The van der Waals surface area contributed by atoms with Gasteiger partial charge in [-0.05, 0) is 18.8 Å². The zero-order valence-corrected chi connectivity index (χ0v) is 11.3. The minimum atomic E-state index is -0.628. The molecule has 0 saturated heterocycles. The number of primary amides is 1. The summed E-state index contributed by atoms with van der Waals surface area (Å²) >= 11 is 1.14. The SMILES string of the molecule is N#Cc1sc(NCCOCC2CC2)c(C(N)=O)c1N. The molecular weight excluding hydrogens is 264 g/mol. The molecule has 1 aliphatic carbocycles. The summed E-state index contributed by atoms with van der Waals surface area (Å²) in [6.45, 7) is 1.90. The van der Waals surface area contributed by atoms with Crippen molar-refractivity contribution in [2.24, 2.45) is 11.7 Å². The maximum atomic E-state index is 11.3. The van der Waals surface area contributed by atoms with E-state index in [-0.39, 0.29) is 11.3 Å². The standard InChI is InChI=1S/C12H16N4O2S/c13-5-8-10(14)9(11(15)17)12(19-8)16-3-4-18-6-7-1-2-7/h7,16H,1-4,6,14H2,(H2,15,17). The van der Waals surface area contributed by atoms with Crippen molar-refractivity contribution in [1.82, 2.24) is 0 Å². The van der Waals surface area contributed by atoms with Crippen molar-refractivity contribution in [1.29, 1.82) is 5.26 Å². The molecule has 1 saturated carbocycles. The van der Waals surface area contributed by atoms with Crippen LogP contribution in [0.15, 0.2) is 0 Å². The van der Waals surface area contributed by atoms with Gasteiger partial charge in [0.2, 0.25) is 0 Å². The summed E-state index contributed by atoms with van der Waals surface area (Å²) in [4.78, 5) is 11.6. The molecule has 7 heteroatoms. The fraction of sp³-hybridized carbons (Fsp3) is 0.500. The van der Waals surface area contributed by atoms with Gasteiger partial charge in [-0.15, -0.1) is 11.3 Å². The second kappa shape index (κ2) is 5.91. The summed E-state index contributed by atoms with van der Waals surface area (Å²) in [5.41, 5.74) is 11.3. The number of nitrogens with zero attached hydrogens (tertiary/aromatic N) is 1. The molecule has 1 amide bonds. The molecule has 5 N–H and O–H groups in total. The van der Waals surface area contributed by atoms with E-state index in [0.717, 1.165) is 23.9 Å². The third-order valence-corrected chi connectivity index (χ3v) is 3.94. The highest BCUT2D eigenvalue weighted by Gasteiger charge is 2.21. The molecule has 1 aromatic heterocycles. The number of anilines is 2. The predicted molar refractivity (Wildman–Crippen MR) is 74.0 cm³/mol. The van der Waals surface area contributed by atoms with Crippen molar-refractivity contribution >= 4 is 27.9 Å². The van der Waals surface area contributed by atoms with Crippen LogP contribution in [0.4, 0.5) is 10.7 Å². The average molecular weight is 280 g/mol. The van der Waals surface area contributed by atoms with Crippen molar-refractivity contribution in [3.63, 3.8) is 0 Å². The minimum Gasteiger partial charge on any atom is -0.396 e. The Bertz CT molecular complexity index is 517. The van der Waals surface area contributed by atoms with Crippen LogP contribution in [0.25, 0.3) is 0 Å². The Morgan fingerprint density at radius 2 is 2.32 bits per heavy atom. The van der Waals surface area contributed by atoms with Crippen LogP contribution in [0.2, 0.25) is 0 Å². The maximum Gasteiger partial charge on any atom is 0.253 e. The van der Waals surface area contributed by atoms with E-state index in [1.807, 2.05) is 6.07 Å². The first-order valence-corrected chi connectivity index (χ1v) is 6.89. The van der Waals surface area contributed by atoms with Crippen LogP contribution in [-0.4, -0.2) is 25.7 Å². The van der Waals surface area contributed by atoms with Crippen molar-refractivity contribution in [2.75, 3.05) is 30.8 Å². The van der Waals surface area contributed by atoms with Gasteiger partial charge in [0.25, 0.3) is 5.91 Å². The zero-order valence-electron chi connectivity index (χ0n) is 10.4. The number of rotatable bonds is 7. The van der Waals surface area contributed by atoms with E-state index >= 15 is 0 Å². The summed E-state index contributed by atoms with van der Waals surface area (Å²) < 4.78 is 5.47. The molecular formula is C12H16N4O2S. The van der Waals surface area contributed by atoms with Gasteiger partial charge in [-0.1, -0.05) is 0 Å². The van der Waals surface area contributed by atoms with E-state index in [2.05, 4.69) is 5.32 Å². The number of nitrogens with two attached hydrogens (primary N) is 2. The summed E-state index contributed by atoms with van der Waals surface area (Å²) in [7, 11) is 0. The second-order valence-corrected chi connectivity index (χ2v) is 5.49. The van der Waals surface area contributed by atoms with Gasteiger partial charge in [0, 0.05) is 13.2 Å². The first-order valence-electron chi connectivity index (χ1n) is 6.07. The number of amides is 1. The van der Waals surface area contributed by atoms with E-state index in [9.17, 15) is 4.79 Å². The topological polar surface area (TPSA) is 114 Å². The average Bonchev–Trinajstić information content (AvgIpc) is 3.12.